The third-order valence-electron chi connectivity index (χ3n) is 8.75. The van der Waals surface area contributed by atoms with Crippen molar-refractivity contribution in [3.8, 4) is 0 Å². The van der Waals surface area contributed by atoms with E-state index in [-0.39, 0.29) is 19.4 Å². The Morgan fingerprint density at radius 3 is 1.63 bits per heavy atom. The first-order chi connectivity index (χ1) is 26.8. The summed E-state index contributed by atoms with van der Waals surface area (Å²) in [6.45, 7) is 0.647. The van der Waals surface area contributed by atoms with Crippen molar-refractivity contribution < 1.29 is 84.1 Å². The maximum absolute atomic E-state index is 13.2. The molecule has 0 bridgehead atoms. The van der Waals surface area contributed by atoms with Crippen LogP contribution in [-0.4, -0.2) is 174 Å². The van der Waals surface area contributed by atoms with Crippen LogP contribution in [-0.2, 0) is 43.2 Å². The van der Waals surface area contributed by atoms with Crippen LogP contribution in [0.2, 0.25) is 0 Å². The molecule has 0 aromatic heterocycles. The van der Waals surface area contributed by atoms with Crippen LogP contribution in [0.25, 0.3) is 0 Å². The number of hydrogen-bond acceptors (Lipinski definition) is 15. The molecule has 324 valence electrons. The number of hydroxylamine groups is 2. The van der Waals surface area contributed by atoms with Gasteiger partial charge in [-0.05, 0) is 26.2 Å². The predicted molar refractivity (Wildman–Crippen MR) is 190 cm³/mol. The molecule has 4 unspecified atom stereocenters. The summed E-state index contributed by atoms with van der Waals surface area (Å²) in [7, 11) is 0. The van der Waals surface area contributed by atoms with Crippen molar-refractivity contribution in [3.63, 3.8) is 0 Å². The molecule has 1 aliphatic rings. The number of carbonyl (C=O) groups is 9. The van der Waals surface area contributed by atoms with Crippen molar-refractivity contribution in [2.45, 2.75) is 133 Å². The van der Waals surface area contributed by atoms with E-state index in [0.29, 0.717) is 24.3 Å². The van der Waals surface area contributed by atoms with Crippen LogP contribution >= 0.6 is 0 Å². The average molecular weight is 822 g/mol. The Kier molecular flexibility index (Phi) is 22.2. The van der Waals surface area contributed by atoms with E-state index < -0.39 is 121 Å². The van der Waals surface area contributed by atoms with Gasteiger partial charge in [-0.15, -0.1) is 0 Å². The lowest BCUT2D eigenvalue weighted by molar-refractivity contribution is -0.173. The second-order valence-corrected chi connectivity index (χ2v) is 13.3. The molecule has 1 rings (SSSR count). The fraction of sp³-hybridized carbons (Fsp3) is 0.727. The summed E-state index contributed by atoms with van der Waals surface area (Å²) in [6.07, 6.45) is -1.01. The number of carbonyl (C=O) groups excluding carboxylic acids is 7. The highest BCUT2D eigenvalue weighted by molar-refractivity contribution is 5.99. The van der Waals surface area contributed by atoms with E-state index in [9.17, 15) is 84.1 Å². The van der Waals surface area contributed by atoms with E-state index in [1.807, 2.05) is 16.0 Å². The van der Waals surface area contributed by atoms with Gasteiger partial charge < -0.3 is 67.6 Å². The number of aliphatic carboxylic acids is 2. The molecule has 0 radical (unpaired) electrons. The summed E-state index contributed by atoms with van der Waals surface area (Å²) in [4.78, 5) is 113. The lowest BCUT2D eigenvalue weighted by Gasteiger charge is -2.30. The molecule has 24 nitrogen and oxygen atoms in total. The maximum Gasteiger partial charge on any atom is 0.335 e. The van der Waals surface area contributed by atoms with Crippen molar-refractivity contribution in [2.75, 3.05) is 19.8 Å². The lowest BCUT2D eigenvalue weighted by atomic mass is 10.1. The van der Waals surface area contributed by atoms with Crippen LogP contribution in [0.1, 0.15) is 78.1 Å². The second kappa shape index (κ2) is 25.3. The Morgan fingerprint density at radius 2 is 1.12 bits per heavy atom. The monoisotopic (exact) mass is 821 g/mol. The van der Waals surface area contributed by atoms with Gasteiger partial charge in [0.25, 0.3) is 5.91 Å². The second-order valence-electron chi connectivity index (χ2n) is 13.3. The number of carboxylic acid groups (broad SMARTS) is 2. The van der Waals surface area contributed by atoms with Gasteiger partial charge in [-0.1, -0.05) is 45.4 Å². The molecule has 1 aliphatic heterocycles. The SMILES string of the molecule is CCCCCCCCCC(=O)NC(C(=O)N[C@@H](CO)C(=O)NC(C(=O)N[C@@H](C(=O)N[C@@H](CO)C(=O)N[C@H]1CCCN(O)C1=O)[C@H](C)O)C(O)C(=O)O)C(O)C(=O)O. The van der Waals surface area contributed by atoms with Crippen LogP contribution in [0, 0.1) is 0 Å². The summed E-state index contributed by atoms with van der Waals surface area (Å²) in [5.74, 6) is -12.9. The molecule has 0 spiro atoms. The average Bonchev–Trinajstić information content (AvgIpc) is 3.16. The number of carboxylic acids is 2. The smallest absolute Gasteiger partial charge is 0.335 e. The number of aliphatic hydroxyl groups excluding tert-OH is 5. The molecule has 1 fully saturated rings. The Bertz CT molecular complexity index is 1420. The van der Waals surface area contributed by atoms with E-state index in [1.54, 1.807) is 5.32 Å². The van der Waals surface area contributed by atoms with Crippen molar-refractivity contribution >= 4 is 53.3 Å². The molecule has 9 atom stereocenters. The number of piperidine rings is 1. The molecule has 0 aliphatic carbocycles. The molecule has 14 N–H and O–H groups in total. The quantitative estimate of drug-likeness (QED) is 0.0286. The van der Waals surface area contributed by atoms with Crippen LogP contribution in [0.5, 0.6) is 0 Å². The Balaban J connectivity index is 3.09. The first-order valence-electron chi connectivity index (χ1n) is 18.3. The van der Waals surface area contributed by atoms with Crippen LogP contribution in [0.3, 0.4) is 0 Å². The third-order valence-corrected chi connectivity index (χ3v) is 8.75. The number of aliphatic hydroxyl groups is 5. The van der Waals surface area contributed by atoms with Crippen LogP contribution < -0.4 is 31.9 Å². The first-order valence-corrected chi connectivity index (χ1v) is 18.3. The highest BCUT2D eigenvalue weighted by atomic mass is 16.5. The minimum Gasteiger partial charge on any atom is -0.479 e. The minimum absolute atomic E-state index is 0.00489. The Labute approximate surface area is 326 Å². The fourth-order valence-corrected chi connectivity index (χ4v) is 5.43. The fourth-order valence-electron chi connectivity index (χ4n) is 5.43. The summed E-state index contributed by atoms with van der Waals surface area (Å²) >= 11 is 0. The largest absolute Gasteiger partial charge is 0.479 e. The van der Waals surface area contributed by atoms with Crippen LogP contribution in [0.4, 0.5) is 0 Å². The summed E-state index contributed by atoms with van der Waals surface area (Å²) in [5, 5.41) is 90.8. The van der Waals surface area contributed by atoms with E-state index in [0.717, 1.165) is 39.0 Å². The molecule has 1 heterocycles. The summed E-state index contributed by atoms with van der Waals surface area (Å²) in [5.41, 5.74) is 0. The van der Waals surface area contributed by atoms with E-state index in [4.69, 9.17) is 0 Å². The van der Waals surface area contributed by atoms with Crippen molar-refractivity contribution in [3.05, 3.63) is 0 Å². The lowest BCUT2D eigenvalue weighted by Crippen LogP contribution is -2.65. The standard InChI is InChI=1S/C33H55N7O17/c1-3-4-5-6-7-8-9-12-20(44)37-22(24(45)32(53)54)29(50)36-19(15-42)27(48)39-23(25(46)33(55)56)30(51)38-21(16(2)43)28(49)35-18(14-41)26(47)34-17-11-10-13-40(57)31(17)52/h16-19,21-25,41-43,45-46,57H,3-15H2,1-2H3,(H,34,47)(H,35,49)(H,36,50)(H,37,44)(H,38,51)(H,39,48)(H,53,54)(H,55,56)/t16-,17-,18-,19-,21+,22?,23?,24?,25?/m0/s1. The molecule has 0 aromatic carbocycles. The minimum atomic E-state index is -2.79. The zero-order chi connectivity index (χ0) is 43.4. The normalized spacial score (nSPS) is 18.3. The summed E-state index contributed by atoms with van der Waals surface area (Å²) in [6, 6.07) is -11.9. The van der Waals surface area contributed by atoms with E-state index >= 15 is 0 Å². The van der Waals surface area contributed by atoms with Gasteiger partial charge in [-0.25, -0.2) is 14.7 Å². The highest BCUT2D eigenvalue weighted by Crippen LogP contribution is 2.11. The van der Waals surface area contributed by atoms with Gasteiger partial charge in [0, 0.05) is 13.0 Å². The zero-order valence-corrected chi connectivity index (χ0v) is 31.6. The number of unbranched alkanes of at least 4 members (excludes halogenated alkanes) is 6. The first kappa shape index (κ1) is 50.0. The number of rotatable bonds is 26. The van der Waals surface area contributed by atoms with Crippen molar-refractivity contribution in [1.82, 2.24) is 37.0 Å². The molecular weight excluding hydrogens is 766 g/mol. The molecular formula is C33H55N7O17. The molecule has 1 saturated heterocycles. The van der Waals surface area contributed by atoms with Gasteiger partial charge in [0.1, 0.15) is 36.3 Å². The van der Waals surface area contributed by atoms with Crippen molar-refractivity contribution in [1.29, 1.82) is 0 Å². The van der Waals surface area contributed by atoms with Gasteiger partial charge in [-0.3, -0.25) is 38.8 Å². The molecule has 0 saturated carbocycles. The molecule has 57 heavy (non-hydrogen) atoms. The van der Waals surface area contributed by atoms with Crippen molar-refractivity contribution in [2.24, 2.45) is 0 Å². The van der Waals surface area contributed by atoms with E-state index in [2.05, 4.69) is 17.6 Å². The topological polar surface area (TPSA) is 391 Å². The van der Waals surface area contributed by atoms with Gasteiger partial charge in [0.15, 0.2) is 12.2 Å². The molecule has 0 aromatic rings. The predicted octanol–water partition coefficient (Wildman–Crippen LogP) is -5.70. The van der Waals surface area contributed by atoms with Gasteiger partial charge in [0.05, 0.1) is 19.3 Å². The van der Waals surface area contributed by atoms with Gasteiger partial charge in [0.2, 0.25) is 35.4 Å². The van der Waals surface area contributed by atoms with E-state index in [1.165, 1.54) is 0 Å². The number of nitrogens with one attached hydrogen (secondary N) is 6. The number of nitrogens with zero attached hydrogens (tertiary/aromatic N) is 1. The molecule has 7 amide bonds. The maximum atomic E-state index is 13.2. The van der Waals surface area contributed by atoms with Gasteiger partial charge in [-0.2, -0.15) is 0 Å². The molecule has 24 heteroatoms. The number of hydrogen-bond donors (Lipinski definition) is 14. The Hall–Kier alpha value is -5.01. The number of amides is 7. The van der Waals surface area contributed by atoms with Gasteiger partial charge >= 0.3 is 11.9 Å². The highest BCUT2D eigenvalue weighted by Gasteiger charge is 2.40. The van der Waals surface area contributed by atoms with Crippen LogP contribution in [0.15, 0.2) is 0 Å². The Morgan fingerprint density at radius 1 is 0.667 bits per heavy atom. The summed E-state index contributed by atoms with van der Waals surface area (Å²) < 4.78 is 0. The zero-order valence-electron chi connectivity index (χ0n) is 31.6. The third kappa shape index (κ3) is 16.6.